The Morgan fingerprint density at radius 1 is 1.40 bits per heavy atom. The first-order valence-electron chi connectivity index (χ1n) is 4.87. The maximum atomic E-state index is 8.74. The van der Waals surface area contributed by atoms with Gasteiger partial charge in [0.1, 0.15) is 17.7 Å². The van der Waals surface area contributed by atoms with Gasteiger partial charge in [-0.15, -0.1) is 0 Å². The largest absolute Gasteiger partial charge is 0.396 e. The Morgan fingerprint density at radius 3 is 2.80 bits per heavy atom. The highest BCUT2D eigenvalue weighted by Crippen LogP contribution is 2.09. The summed E-state index contributed by atoms with van der Waals surface area (Å²) in [5.41, 5.74) is 6.26. The van der Waals surface area contributed by atoms with E-state index < -0.39 is 0 Å². The third-order valence-electron chi connectivity index (χ3n) is 1.77. The van der Waals surface area contributed by atoms with Crippen LogP contribution in [-0.2, 0) is 6.42 Å². The number of nitrogens with zero attached hydrogens (tertiary/aromatic N) is 4. The first-order chi connectivity index (χ1) is 7.33. The van der Waals surface area contributed by atoms with E-state index in [4.69, 9.17) is 10.8 Å². The number of rotatable bonds is 2. The number of hydrogen-bond donors (Lipinski definition) is 2. The molecule has 6 heteroatoms. The number of aromatic nitrogens is 4. The van der Waals surface area contributed by atoms with Crippen LogP contribution >= 0.6 is 0 Å². The Labute approximate surface area is 87.8 Å². The summed E-state index contributed by atoms with van der Waals surface area (Å²) in [7, 11) is 0. The second-order valence-electron chi connectivity index (χ2n) is 2.59. The van der Waals surface area contributed by atoms with Crippen LogP contribution < -0.4 is 5.73 Å². The third kappa shape index (κ3) is 2.21. The fourth-order valence-electron chi connectivity index (χ4n) is 1.16. The molecule has 0 unspecified atom stereocenters. The lowest BCUT2D eigenvalue weighted by atomic mass is 10.4. The fraction of sp³-hybridized carbons (Fsp3) is 0.444. The van der Waals surface area contributed by atoms with Gasteiger partial charge in [-0.3, -0.25) is 0 Å². The number of aliphatic hydroxyl groups is 1. The molecule has 6 nitrogen and oxygen atoms in total. The van der Waals surface area contributed by atoms with E-state index in [1.807, 2.05) is 13.8 Å². The number of nitrogens with two attached hydrogens (primary N) is 1. The van der Waals surface area contributed by atoms with Crippen molar-refractivity contribution < 1.29 is 5.11 Å². The normalized spacial score (nSPS) is 9.80. The summed E-state index contributed by atoms with van der Waals surface area (Å²) in [6.07, 6.45) is 3.43. The van der Waals surface area contributed by atoms with Gasteiger partial charge in [0.15, 0.2) is 5.82 Å². The Hall–Kier alpha value is -1.69. The second-order valence-corrected chi connectivity index (χ2v) is 2.59. The number of hydrogen-bond acceptors (Lipinski definition) is 5. The summed E-state index contributed by atoms with van der Waals surface area (Å²) < 4.78 is 1.58. The van der Waals surface area contributed by atoms with Gasteiger partial charge < -0.3 is 10.8 Å². The molecule has 82 valence electrons. The van der Waals surface area contributed by atoms with Crippen molar-refractivity contribution in [2.75, 3.05) is 12.3 Å². The predicted octanol–water partition coefficient (Wildman–Crippen LogP) is 0.267. The lowest BCUT2D eigenvalue weighted by molar-refractivity contribution is 0.296. The van der Waals surface area contributed by atoms with E-state index in [-0.39, 0.29) is 6.61 Å². The molecular formula is C9H15N5O. The van der Waals surface area contributed by atoms with Crippen LogP contribution in [0.15, 0.2) is 12.5 Å². The van der Waals surface area contributed by atoms with E-state index in [2.05, 4.69) is 15.1 Å². The minimum atomic E-state index is 0.0447. The van der Waals surface area contributed by atoms with Crippen LogP contribution in [0.5, 0.6) is 0 Å². The number of nitrogen functional groups attached to an aromatic ring is 1. The van der Waals surface area contributed by atoms with Crippen molar-refractivity contribution in [3.05, 3.63) is 18.3 Å². The molecule has 0 fully saturated rings. The van der Waals surface area contributed by atoms with Gasteiger partial charge in [-0.25, -0.2) is 14.5 Å². The topological polar surface area (TPSA) is 89.3 Å². The Morgan fingerprint density at radius 2 is 2.13 bits per heavy atom. The molecule has 0 saturated heterocycles. The monoisotopic (exact) mass is 209 g/mol. The van der Waals surface area contributed by atoms with Crippen molar-refractivity contribution in [2.45, 2.75) is 20.3 Å². The summed E-state index contributed by atoms with van der Waals surface area (Å²) in [5.74, 6) is 1.08. The number of fused-ring (bicyclic) bond motifs is 1. The van der Waals surface area contributed by atoms with Crippen molar-refractivity contribution in [1.82, 2.24) is 19.6 Å². The minimum absolute atomic E-state index is 0.0447. The highest BCUT2D eigenvalue weighted by Gasteiger charge is 2.05. The first kappa shape index (κ1) is 11.4. The standard InChI is InChI=1S/C7H9N5O.C2H6/c8-7-5-3-9-6(1-2-13)12(5)11-4-10-7;1-2/h3-4,13H,1-2H2,(H2,8,10,11);1-2H3. The summed E-state index contributed by atoms with van der Waals surface area (Å²) >= 11 is 0. The zero-order chi connectivity index (χ0) is 11.3. The first-order valence-corrected chi connectivity index (χ1v) is 4.87. The van der Waals surface area contributed by atoms with E-state index >= 15 is 0 Å². The molecule has 15 heavy (non-hydrogen) atoms. The van der Waals surface area contributed by atoms with Crippen molar-refractivity contribution in [1.29, 1.82) is 0 Å². The SMILES string of the molecule is CC.Nc1ncnn2c(CCO)ncc12. The van der Waals surface area contributed by atoms with E-state index in [1.54, 1.807) is 10.7 Å². The molecule has 2 rings (SSSR count). The van der Waals surface area contributed by atoms with E-state index in [0.29, 0.717) is 23.6 Å². The lowest BCUT2D eigenvalue weighted by Crippen LogP contribution is -2.03. The van der Waals surface area contributed by atoms with E-state index in [1.165, 1.54) is 6.33 Å². The molecule has 2 aromatic rings. The van der Waals surface area contributed by atoms with Crippen LogP contribution in [0.3, 0.4) is 0 Å². The average molecular weight is 209 g/mol. The zero-order valence-electron chi connectivity index (χ0n) is 8.88. The van der Waals surface area contributed by atoms with Gasteiger partial charge in [0.25, 0.3) is 0 Å². The Kier molecular flexibility index (Phi) is 3.99. The molecule has 0 spiro atoms. The Bertz CT molecular complexity index is 425. The Balaban J connectivity index is 0.000000531. The van der Waals surface area contributed by atoms with Crippen LogP contribution in [0, 0.1) is 0 Å². The predicted molar refractivity (Wildman–Crippen MR) is 57.3 cm³/mol. The molecule has 0 aliphatic heterocycles. The summed E-state index contributed by atoms with van der Waals surface area (Å²) in [5, 5.41) is 12.7. The smallest absolute Gasteiger partial charge is 0.153 e. The summed E-state index contributed by atoms with van der Waals surface area (Å²) in [6.45, 7) is 4.04. The van der Waals surface area contributed by atoms with Gasteiger partial charge in [0, 0.05) is 6.42 Å². The number of anilines is 1. The second kappa shape index (κ2) is 5.26. The van der Waals surface area contributed by atoms with E-state index in [0.717, 1.165) is 0 Å². The van der Waals surface area contributed by atoms with E-state index in [9.17, 15) is 0 Å². The molecule has 0 aromatic carbocycles. The molecule has 3 N–H and O–H groups in total. The molecular weight excluding hydrogens is 194 g/mol. The highest BCUT2D eigenvalue weighted by atomic mass is 16.3. The lowest BCUT2D eigenvalue weighted by Gasteiger charge is -1.97. The van der Waals surface area contributed by atoms with Crippen LogP contribution in [0.2, 0.25) is 0 Å². The quantitative estimate of drug-likeness (QED) is 0.741. The average Bonchev–Trinajstić information content (AvgIpc) is 2.67. The summed E-state index contributed by atoms with van der Waals surface area (Å²) in [6, 6.07) is 0. The molecule has 2 heterocycles. The van der Waals surface area contributed by atoms with Crippen LogP contribution in [-0.4, -0.2) is 31.3 Å². The van der Waals surface area contributed by atoms with Crippen molar-refractivity contribution in [2.24, 2.45) is 0 Å². The van der Waals surface area contributed by atoms with Crippen molar-refractivity contribution in [3.8, 4) is 0 Å². The van der Waals surface area contributed by atoms with Gasteiger partial charge in [-0.05, 0) is 0 Å². The number of imidazole rings is 1. The molecule has 0 aliphatic rings. The minimum Gasteiger partial charge on any atom is -0.396 e. The van der Waals surface area contributed by atoms with Crippen LogP contribution in [0.25, 0.3) is 5.52 Å². The molecule has 0 aliphatic carbocycles. The van der Waals surface area contributed by atoms with Crippen molar-refractivity contribution >= 4 is 11.3 Å². The third-order valence-corrected chi connectivity index (χ3v) is 1.77. The van der Waals surface area contributed by atoms with Gasteiger partial charge in [0.05, 0.1) is 12.8 Å². The summed E-state index contributed by atoms with van der Waals surface area (Å²) in [4.78, 5) is 7.89. The maximum absolute atomic E-state index is 8.74. The molecule has 0 atom stereocenters. The van der Waals surface area contributed by atoms with Crippen LogP contribution in [0.1, 0.15) is 19.7 Å². The van der Waals surface area contributed by atoms with Gasteiger partial charge in [0.2, 0.25) is 0 Å². The van der Waals surface area contributed by atoms with Crippen molar-refractivity contribution in [3.63, 3.8) is 0 Å². The van der Waals surface area contributed by atoms with Gasteiger partial charge in [-0.2, -0.15) is 5.10 Å². The highest BCUT2D eigenvalue weighted by molar-refractivity contribution is 5.63. The number of aliphatic hydroxyl groups excluding tert-OH is 1. The van der Waals surface area contributed by atoms with Gasteiger partial charge in [-0.1, -0.05) is 13.8 Å². The fourth-order valence-corrected chi connectivity index (χ4v) is 1.16. The maximum Gasteiger partial charge on any atom is 0.153 e. The van der Waals surface area contributed by atoms with Gasteiger partial charge >= 0.3 is 0 Å². The molecule has 0 bridgehead atoms. The molecule has 2 aromatic heterocycles. The molecule has 0 amide bonds. The molecule has 0 saturated carbocycles. The zero-order valence-corrected chi connectivity index (χ0v) is 8.88. The molecule has 0 radical (unpaired) electrons. The van der Waals surface area contributed by atoms with Crippen LogP contribution in [0.4, 0.5) is 5.82 Å².